The molecule has 3 N–H and O–H groups in total. The van der Waals surface area contributed by atoms with Crippen LogP contribution in [0, 0.1) is 6.92 Å². The molecule has 0 spiro atoms. The number of methoxy groups -OCH3 is 1. The quantitative estimate of drug-likeness (QED) is 0.841. The highest BCUT2D eigenvalue weighted by Crippen LogP contribution is 2.23. The van der Waals surface area contributed by atoms with Crippen LogP contribution in [0.5, 0.6) is 5.75 Å². The third-order valence-corrected chi connectivity index (χ3v) is 5.44. The number of aryl methyl sites for hydroxylation is 1. The van der Waals surface area contributed by atoms with Crippen molar-refractivity contribution in [1.82, 2.24) is 0 Å². The normalized spacial score (nSPS) is 12.0. The molecular formula is C14H16N2O5S2. The maximum Gasteiger partial charge on any atom is 0.261 e. The number of ether oxygens (including phenoxy) is 1. The van der Waals surface area contributed by atoms with Gasteiger partial charge in [0.05, 0.1) is 22.6 Å². The minimum absolute atomic E-state index is 0.0266. The Morgan fingerprint density at radius 1 is 0.957 bits per heavy atom. The average Bonchev–Trinajstić information content (AvgIpc) is 2.48. The van der Waals surface area contributed by atoms with Crippen molar-refractivity contribution >= 4 is 25.7 Å². The van der Waals surface area contributed by atoms with Gasteiger partial charge in [0.2, 0.25) is 10.0 Å². The third-order valence-electron chi connectivity index (χ3n) is 3.15. The molecular weight excluding hydrogens is 340 g/mol. The van der Waals surface area contributed by atoms with Crippen LogP contribution in [0.3, 0.4) is 0 Å². The molecule has 7 nitrogen and oxygen atoms in total. The van der Waals surface area contributed by atoms with Crippen molar-refractivity contribution < 1.29 is 21.6 Å². The predicted octanol–water partition coefficient (Wildman–Crippen LogP) is 1.45. The van der Waals surface area contributed by atoms with Crippen molar-refractivity contribution in [3.8, 4) is 5.75 Å². The Balaban J connectivity index is 2.40. The van der Waals surface area contributed by atoms with E-state index in [4.69, 9.17) is 9.88 Å². The summed E-state index contributed by atoms with van der Waals surface area (Å²) in [5.41, 5.74) is 0.710. The van der Waals surface area contributed by atoms with E-state index >= 15 is 0 Å². The minimum atomic E-state index is -3.92. The van der Waals surface area contributed by atoms with Crippen molar-refractivity contribution in [2.75, 3.05) is 11.8 Å². The molecule has 2 aromatic rings. The Labute approximate surface area is 135 Å². The largest absolute Gasteiger partial charge is 0.497 e. The molecule has 23 heavy (non-hydrogen) atoms. The van der Waals surface area contributed by atoms with E-state index in [0.717, 1.165) is 0 Å². The lowest BCUT2D eigenvalue weighted by Crippen LogP contribution is -2.16. The molecule has 2 rings (SSSR count). The fourth-order valence-corrected chi connectivity index (χ4v) is 3.51. The van der Waals surface area contributed by atoms with E-state index in [0.29, 0.717) is 11.3 Å². The Morgan fingerprint density at radius 3 is 2.04 bits per heavy atom. The van der Waals surface area contributed by atoms with Gasteiger partial charge in [-0.25, -0.2) is 22.0 Å². The zero-order valence-electron chi connectivity index (χ0n) is 12.5. The summed E-state index contributed by atoms with van der Waals surface area (Å²) in [6, 6.07) is 9.79. The Bertz CT molecular complexity index is 920. The van der Waals surface area contributed by atoms with Crippen LogP contribution < -0.4 is 14.6 Å². The molecule has 0 aliphatic rings. The summed E-state index contributed by atoms with van der Waals surface area (Å²) in [4.78, 5) is -0.144. The number of benzene rings is 2. The lowest BCUT2D eigenvalue weighted by Gasteiger charge is -2.12. The van der Waals surface area contributed by atoms with E-state index in [-0.39, 0.29) is 15.5 Å². The average molecular weight is 356 g/mol. The van der Waals surface area contributed by atoms with Gasteiger partial charge in [-0.1, -0.05) is 6.07 Å². The standard InChI is InChI=1S/C14H16N2O5S2/c1-10-3-6-13(22(15,17)18)9-14(10)16-23(19,20)12-7-4-11(21-2)5-8-12/h3-9,16H,1-2H3,(H2,15,17,18). The van der Waals surface area contributed by atoms with Gasteiger partial charge < -0.3 is 4.74 Å². The monoisotopic (exact) mass is 356 g/mol. The first-order valence-corrected chi connectivity index (χ1v) is 9.47. The number of anilines is 1. The zero-order valence-corrected chi connectivity index (χ0v) is 14.1. The van der Waals surface area contributed by atoms with Crippen molar-refractivity contribution in [3.05, 3.63) is 48.0 Å². The Kier molecular flexibility index (Phi) is 4.64. The van der Waals surface area contributed by atoms with Crippen LogP contribution in [-0.2, 0) is 20.0 Å². The second-order valence-corrected chi connectivity index (χ2v) is 8.05. The molecule has 0 aliphatic heterocycles. The third kappa shape index (κ3) is 4.01. The molecule has 0 fully saturated rings. The highest BCUT2D eigenvalue weighted by Gasteiger charge is 2.17. The van der Waals surface area contributed by atoms with Crippen LogP contribution in [0.4, 0.5) is 5.69 Å². The molecule has 0 saturated carbocycles. The second-order valence-electron chi connectivity index (χ2n) is 4.80. The van der Waals surface area contributed by atoms with Crippen LogP contribution in [0.15, 0.2) is 52.3 Å². The van der Waals surface area contributed by atoms with Gasteiger partial charge in [-0.05, 0) is 48.9 Å². The SMILES string of the molecule is COc1ccc(S(=O)(=O)Nc2cc(S(N)(=O)=O)ccc2C)cc1. The molecule has 0 aliphatic carbocycles. The number of rotatable bonds is 5. The fourth-order valence-electron chi connectivity index (χ4n) is 1.85. The molecule has 0 saturated heterocycles. The van der Waals surface area contributed by atoms with E-state index in [1.54, 1.807) is 6.92 Å². The number of nitrogens with one attached hydrogen (secondary N) is 1. The smallest absolute Gasteiger partial charge is 0.261 e. The molecule has 0 amide bonds. The van der Waals surface area contributed by atoms with Gasteiger partial charge >= 0.3 is 0 Å². The molecule has 124 valence electrons. The summed E-state index contributed by atoms with van der Waals surface area (Å²) < 4.78 is 54.9. The Hall–Kier alpha value is -2.10. The van der Waals surface area contributed by atoms with Crippen molar-refractivity contribution in [2.45, 2.75) is 16.7 Å². The van der Waals surface area contributed by atoms with Gasteiger partial charge in [0, 0.05) is 0 Å². The highest BCUT2D eigenvalue weighted by molar-refractivity contribution is 7.92. The van der Waals surface area contributed by atoms with Gasteiger partial charge in [-0.15, -0.1) is 0 Å². The van der Waals surface area contributed by atoms with Crippen molar-refractivity contribution in [2.24, 2.45) is 5.14 Å². The Morgan fingerprint density at radius 2 is 1.52 bits per heavy atom. The first kappa shape index (κ1) is 17.3. The predicted molar refractivity (Wildman–Crippen MR) is 86.4 cm³/mol. The van der Waals surface area contributed by atoms with Gasteiger partial charge in [-0.3, -0.25) is 4.72 Å². The lowest BCUT2D eigenvalue weighted by atomic mass is 10.2. The molecule has 0 bridgehead atoms. The molecule has 2 aromatic carbocycles. The molecule has 0 atom stereocenters. The summed E-state index contributed by atoms with van der Waals surface area (Å²) in [5, 5.41) is 5.06. The van der Waals surface area contributed by atoms with Crippen LogP contribution in [0.2, 0.25) is 0 Å². The minimum Gasteiger partial charge on any atom is -0.497 e. The van der Waals surface area contributed by atoms with E-state index in [9.17, 15) is 16.8 Å². The molecule has 9 heteroatoms. The van der Waals surface area contributed by atoms with E-state index in [2.05, 4.69) is 4.72 Å². The van der Waals surface area contributed by atoms with Crippen molar-refractivity contribution in [3.63, 3.8) is 0 Å². The number of primary sulfonamides is 1. The second kappa shape index (κ2) is 6.19. The van der Waals surface area contributed by atoms with Crippen LogP contribution in [0.1, 0.15) is 5.56 Å². The summed E-state index contributed by atoms with van der Waals surface area (Å²) >= 11 is 0. The van der Waals surface area contributed by atoms with Gasteiger partial charge in [0.15, 0.2) is 0 Å². The number of sulfonamides is 2. The zero-order chi connectivity index (χ0) is 17.3. The van der Waals surface area contributed by atoms with E-state index < -0.39 is 20.0 Å². The molecule has 0 radical (unpaired) electrons. The summed E-state index contributed by atoms with van der Waals surface area (Å²) in [6.45, 7) is 1.65. The van der Waals surface area contributed by atoms with Gasteiger partial charge in [0.1, 0.15) is 5.75 Å². The molecule has 0 heterocycles. The number of hydrogen-bond acceptors (Lipinski definition) is 5. The fraction of sp³-hybridized carbons (Fsp3) is 0.143. The van der Waals surface area contributed by atoms with Gasteiger partial charge in [0.25, 0.3) is 10.0 Å². The lowest BCUT2D eigenvalue weighted by molar-refractivity contribution is 0.414. The topological polar surface area (TPSA) is 116 Å². The summed E-state index contributed by atoms with van der Waals surface area (Å²) in [5.74, 6) is 0.524. The highest BCUT2D eigenvalue weighted by atomic mass is 32.2. The number of nitrogens with two attached hydrogens (primary N) is 1. The summed E-state index contributed by atoms with van der Waals surface area (Å²) in [6.07, 6.45) is 0. The molecule has 0 unspecified atom stereocenters. The molecule has 0 aromatic heterocycles. The number of hydrogen-bond donors (Lipinski definition) is 2. The van der Waals surface area contributed by atoms with E-state index in [1.807, 2.05) is 0 Å². The van der Waals surface area contributed by atoms with Gasteiger partial charge in [-0.2, -0.15) is 0 Å². The van der Waals surface area contributed by atoms with Crippen LogP contribution in [0.25, 0.3) is 0 Å². The summed E-state index contributed by atoms with van der Waals surface area (Å²) in [7, 11) is -6.31. The first-order valence-electron chi connectivity index (χ1n) is 6.44. The maximum absolute atomic E-state index is 12.4. The van der Waals surface area contributed by atoms with E-state index in [1.165, 1.54) is 49.6 Å². The maximum atomic E-state index is 12.4. The van der Waals surface area contributed by atoms with Crippen LogP contribution in [-0.4, -0.2) is 23.9 Å². The van der Waals surface area contributed by atoms with Crippen molar-refractivity contribution in [1.29, 1.82) is 0 Å². The van der Waals surface area contributed by atoms with Crippen LogP contribution >= 0.6 is 0 Å². The first-order chi connectivity index (χ1) is 10.6.